The Hall–Kier alpha value is -1.24. The Balaban J connectivity index is 2.24. The van der Waals surface area contributed by atoms with Crippen molar-refractivity contribution in [2.24, 2.45) is 0 Å². The van der Waals surface area contributed by atoms with Crippen LogP contribution >= 0.6 is 15.9 Å². The number of halogens is 1. The molecule has 2 rings (SSSR count). The summed E-state index contributed by atoms with van der Waals surface area (Å²) >= 11 is 3.12. The third-order valence-electron chi connectivity index (χ3n) is 1.46. The van der Waals surface area contributed by atoms with E-state index < -0.39 is 18.1 Å². The van der Waals surface area contributed by atoms with Crippen molar-refractivity contribution in [1.82, 2.24) is 21.1 Å². The van der Waals surface area contributed by atoms with Gasteiger partial charge in [0.05, 0.1) is 0 Å². The lowest BCUT2D eigenvalue weighted by Gasteiger charge is -2.26. The lowest BCUT2D eigenvalue weighted by molar-refractivity contribution is -0.127. The molecular formula is C5H3BrN4O2. The van der Waals surface area contributed by atoms with Crippen molar-refractivity contribution in [3.05, 3.63) is 10.8 Å². The number of carbonyl (C=O) groups excluding carboxylic acids is 2. The highest BCUT2D eigenvalue weighted by atomic mass is 79.9. The van der Waals surface area contributed by atoms with Gasteiger partial charge in [-0.25, -0.2) is 9.80 Å². The Morgan fingerprint density at radius 2 is 2.33 bits per heavy atom. The van der Waals surface area contributed by atoms with Crippen LogP contribution < -0.4 is 16.1 Å². The van der Waals surface area contributed by atoms with Crippen molar-refractivity contribution in [2.75, 3.05) is 0 Å². The standard InChI is InChI=1S/C5H3BrN4O2/c6-2-1-7-3-4(11)8-5(12)9-10(2)3/h1,3,7H. The zero-order valence-electron chi connectivity index (χ0n) is 5.69. The van der Waals surface area contributed by atoms with Gasteiger partial charge in [-0.05, 0) is 15.9 Å². The maximum Gasteiger partial charge on any atom is 0.387 e. The van der Waals surface area contributed by atoms with E-state index in [0.717, 1.165) is 0 Å². The SMILES string of the molecule is O=C1[N]C(=O)C2NC=C(Br)N2[N]1. The lowest BCUT2D eigenvalue weighted by atomic mass is 10.4. The van der Waals surface area contributed by atoms with Gasteiger partial charge < -0.3 is 5.32 Å². The van der Waals surface area contributed by atoms with E-state index in [4.69, 9.17) is 0 Å². The number of amides is 3. The average Bonchev–Trinajstić information content (AvgIpc) is 2.33. The van der Waals surface area contributed by atoms with Gasteiger partial charge in [0.25, 0.3) is 5.91 Å². The number of urea groups is 1. The molecule has 3 amide bonds. The molecule has 2 aliphatic heterocycles. The summed E-state index contributed by atoms with van der Waals surface area (Å²) in [6.45, 7) is 0. The van der Waals surface area contributed by atoms with E-state index in [1.54, 1.807) is 6.20 Å². The van der Waals surface area contributed by atoms with Crippen LogP contribution in [0.4, 0.5) is 4.79 Å². The van der Waals surface area contributed by atoms with Crippen LogP contribution in [0.5, 0.6) is 0 Å². The fraction of sp³-hybridized carbons (Fsp3) is 0.200. The molecule has 2 radical (unpaired) electrons. The zero-order valence-corrected chi connectivity index (χ0v) is 7.28. The molecule has 0 spiro atoms. The number of rotatable bonds is 0. The Bertz CT molecular complexity index is 289. The minimum Gasteiger partial charge on any atom is -0.360 e. The highest BCUT2D eigenvalue weighted by molar-refractivity contribution is 9.11. The van der Waals surface area contributed by atoms with E-state index in [9.17, 15) is 9.59 Å². The van der Waals surface area contributed by atoms with E-state index in [0.29, 0.717) is 4.61 Å². The van der Waals surface area contributed by atoms with E-state index in [1.165, 1.54) is 5.01 Å². The number of fused-ring (bicyclic) bond motifs is 1. The normalized spacial score (nSPS) is 26.9. The van der Waals surface area contributed by atoms with Crippen molar-refractivity contribution < 1.29 is 9.59 Å². The molecule has 6 nitrogen and oxygen atoms in total. The summed E-state index contributed by atoms with van der Waals surface area (Å²) < 4.78 is 0.545. The van der Waals surface area contributed by atoms with Crippen molar-refractivity contribution >= 4 is 27.9 Å². The van der Waals surface area contributed by atoms with Crippen LogP contribution in [0.1, 0.15) is 0 Å². The summed E-state index contributed by atoms with van der Waals surface area (Å²) in [5.74, 6) is -0.527. The van der Waals surface area contributed by atoms with Crippen molar-refractivity contribution in [3.63, 3.8) is 0 Å². The number of hydrogen-bond acceptors (Lipinski definition) is 4. The summed E-state index contributed by atoms with van der Waals surface area (Å²) in [6.07, 6.45) is 0.886. The monoisotopic (exact) mass is 230 g/mol. The summed E-state index contributed by atoms with van der Waals surface area (Å²) in [6, 6.07) is -0.773. The Kier molecular flexibility index (Phi) is 1.47. The average molecular weight is 231 g/mol. The fourth-order valence-electron chi connectivity index (χ4n) is 0.959. The van der Waals surface area contributed by atoms with Gasteiger partial charge in [0.15, 0.2) is 0 Å². The maximum atomic E-state index is 11.0. The van der Waals surface area contributed by atoms with Gasteiger partial charge >= 0.3 is 6.03 Å². The van der Waals surface area contributed by atoms with Crippen molar-refractivity contribution in [1.29, 1.82) is 0 Å². The summed E-state index contributed by atoms with van der Waals surface area (Å²) in [4.78, 5) is 21.7. The van der Waals surface area contributed by atoms with Gasteiger partial charge in [0.1, 0.15) is 4.61 Å². The van der Waals surface area contributed by atoms with Crippen molar-refractivity contribution in [3.8, 4) is 0 Å². The van der Waals surface area contributed by atoms with Crippen LogP contribution in [0.25, 0.3) is 0 Å². The second-order valence-corrected chi connectivity index (χ2v) is 3.03. The quantitative estimate of drug-likeness (QED) is 0.553. The minimum absolute atomic E-state index is 0.527. The predicted molar refractivity (Wildman–Crippen MR) is 40.4 cm³/mol. The molecular weight excluding hydrogens is 228 g/mol. The summed E-state index contributed by atoms with van der Waals surface area (Å²) in [5, 5.41) is 7.11. The van der Waals surface area contributed by atoms with Gasteiger partial charge in [-0.15, -0.1) is 5.43 Å². The maximum absolute atomic E-state index is 11.0. The molecule has 2 aliphatic rings. The van der Waals surface area contributed by atoms with E-state index in [-0.39, 0.29) is 0 Å². The van der Waals surface area contributed by atoms with Crippen LogP contribution in [-0.2, 0) is 4.79 Å². The van der Waals surface area contributed by atoms with Gasteiger partial charge in [-0.2, -0.15) is 5.32 Å². The number of nitrogens with one attached hydrogen (secondary N) is 1. The first-order valence-corrected chi connectivity index (χ1v) is 3.90. The third kappa shape index (κ3) is 0.934. The third-order valence-corrected chi connectivity index (χ3v) is 2.05. The van der Waals surface area contributed by atoms with Gasteiger partial charge in [-0.3, -0.25) is 4.79 Å². The molecule has 1 fully saturated rings. The topological polar surface area (TPSA) is 77.6 Å². The molecule has 0 saturated carbocycles. The second kappa shape index (κ2) is 2.37. The molecule has 1 atom stereocenters. The zero-order chi connectivity index (χ0) is 8.72. The molecule has 0 aromatic carbocycles. The largest absolute Gasteiger partial charge is 0.387 e. The highest BCUT2D eigenvalue weighted by Gasteiger charge is 2.40. The van der Waals surface area contributed by atoms with Gasteiger partial charge in [0.2, 0.25) is 6.17 Å². The second-order valence-electron chi connectivity index (χ2n) is 2.21. The molecule has 0 aliphatic carbocycles. The molecule has 1 N–H and O–H groups in total. The Morgan fingerprint density at radius 3 is 3.08 bits per heavy atom. The van der Waals surface area contributed by atoms with E-state index in [1.807, 2.05) is 0 Å². The molecule has 2 heterocycles. The lowest BCUT2D eigenvalue weighted by Crippen LogP contribution is -2.58. The minimum atomic E-state index is -0.773. The van der Waals surface area contributed by atoms with Crippen LogP contribution in [0.3, 0.4) is 0 Å². The van der Waals surface area contributed by atoms with E-state index in [2.05, 4.69) is 32.0 Å². The Morgan fingerprint density at radius 1 is 1.58 bits per heavy atom. The molecule has 12 heavy (non-hydrogen) atoms. The molecule has 7 heteroatoms. The number of carbonyl (C=O) groups is 2. The fourth-order valence-corrected chi connectivity index (χ4v) is 1.38. The number of imide groups is 1. The first kappa shape index (κ1) is 7.41. The van der Waals surface area contributed by atoms with Crippen LogP contribution in [0.2, 0.25) is 0 Å². The van der Waals surface area contributed by atoms with Crippen LogP contribution in [0.15, 0.2) is 10.8 Å². The van der Waals surface area contributed by atoms with Crippen molar-refractivity contribution in [2.45, 2.75) is 6.17 Å². The Labute approximate surface area is 76.1 Å². The van der Waals surface area contributed by atoms with Gasteiger partial charge in [0, 0.05) is 6.20 Å². The first-order valence-electron chi connectivity index (χ1n) is 3.10. The molecule has 1 unspecified atom stereocenters. The molecule has 1 saturated heterocycles. The molecule has 0 bridgehead atoms. The van der Waals surface area contributed by atoms with Crippen LogP contribution in [0, 0.1) is 0 Å². The highest BCUT2D eigenvalue weighted by Crippen LogP contribution is 2.20. The van der Waals surface area contributed by atoms with Gasteiger partial charge in [-0.1, -0.05) is 0 Å². The predicted octanol–water partition coefficient (Wildman–Crippen LogP) is -0.805. The number of hydrogen-bond donors (Lipinski definition) is 1. The molecule has 0 aromatic heterocycles. The number of nitrogens with zero attached hydrogens (tertiary/aromatic N) is 3. The molecule has 0 aromatic rings. The summed E-state index contributed by atoms with van der Waals surface area (Å²) in [7, 11) is 0. The van der Waals surface area contributed by atoms with E-state index >= 15 is 0 Å². The first-order chi connectivity index (χ1) is 5.68. The summed E-state index contributed by atoms with van der Waals surface area (Å²) in [5.41, 5.74) is 3.50. The smallest absolute Gasteiger partial charge is 0.360 e. The molecule has 62 valence electrons. The van der Waals surface area contributed by atoms with Crippen LogP contribution in [-0.4, -0.2) is 23.1 Å².